The first-order chi connectivity index (χ1) is 12.4. The first-order valence-electron chi connectivity index (χ1n) is 8.16. The second-order valence-corrected chi connectivity index (χ2v) is 6.67. The Hall–Kier alpha value is -3.09. The molecule has 1 heterocycles. The summed E-state index contributed by atoms with van der Waals surface area (Å²) < 4.78 is 5.69. The van der Waals surface area contributed by atoms with Crippen LogP contribution in [0, 0.1) is 0 Å². The standard InChI is InChI=1S/C20H14O6/c21-11-5-1-3-9-16(11)13(23)7-15-18(9)19-10-4-2-6-12(22)17(10)14(24)8-20(19,25)26-15/h1-7,14,21-22,24-25H,8H2/t14-,20-/m1/s1. The monoisotopic (exact) mass is 350 g/mol. The first-order valence-corrected chi connectivity index (χ1v) is 8.16. The molecule has 0 bridgehead atoms. The molecular weight excluding hydrogens is 336 g/mol. The van der Waals surface area contributed by atoms with Gasteiger partial charge in [-0.2, -0.15) is 0 Å². The van der Waals surface area contributed by atoms with Gasteiger partial charge in [-0.3, -0.25) is 4.79 Å². The van der Waals surface area contributed by atoms with Crippen LogP contribution in [0.5, 0.6) is 11.5 Å². The summed E-state index contributed by atoms with van der Waals surface area (Å²) in [7, 11) is 0. The number of carbonyl (C=O) groups is 1. The Balaban J connectivity index is 1.91. The molecule has 4 N–H and O–H groups in total. The van der Waals surface area contributed by atoms with Gasteiger partial charge >= 0.3 is 0 Å². The maximum absolute atomic E-state index is 12.4. The van der Waals surface area contributed by atoms with Crippen LogP contribution >= 0.6 is 0 Å². The minimum absolute atomic E-state index is 0.0782. The highest BCUT2D eigenvalue weighted by atomic mass is 16.6. The summed E-state index contributed by atoms with van der Waals surface area (Å²) in [6.45, 7) is 0. The summed E-state index contributed by atoms with van der Waals surface area (Å²) >= 11 is 0. The molecule has 0 aromatic heterocycles. The average molecular weight is 350 g/mol. The minimum atomic E-state index is -1.82. The number of phenolic OH excluding ortho intramolecular Hbond substituents is 2. The topological polar surface area (TPSA) is 107 Å². The molecule has 6 heteroatoms. The normalized spacial score (nSPS) is 25.7. The number of hydrogen-bond donors (Lipinski definition) is 4. The Bertz CT molecular complexity index is 1060. The lowest BCUT2D eigenvalue weighted by Crippen LogP contribution is -2.36. The van der Waals surface area contributed by atoms with Gasteiger partial charge in [0.15, 0.2) is 5.78 Å². The molecule has 2 aromatic rings. The third-order valence-corrected chi connectivity index (χ3v) is 5.14. The molecule has 0 saturated heterocycles. The highest BCUT2D eigenvalue weighted by Gasteiger charge is 2.52. The maximum Gasteiger partial charge on any atom is 0.239 e. The summed E-state index contributed by atoms with van der Waals surface area (Å²) in [5, 5.41) is 41.9. The number of benzene rings is 2. The van der Waals surface area contributed by atoms with Crippen molar-refractivity contribution in [1.29, 1.82) is 0 Å². The van der Waals surface area contributed by atoms with Crippen LogP contribution in [0.1, 0.15) is 39.6 Å². The zero-order valence-electron chi connectivity index (χ0n) is 13.4. The SMILES string of the molecule is O=C1C=C2O[C@]3(O)C[C@@H](O)c4c(O)cccc4C3=C2c2cccc(O)c21. The van der Waals surface area contributed by atoms with Gasteiger partial charge in [0, 0.05) is 34.8 Å². The summed E-state index contributed by atoms with van der Waals surface area (Å²) in [4.78, 5) is 12.4. The fraction of sp³-hybridized carbons (Fsp3) is 0.150. The third kappa shape index (κ3) is 1.75. The van der Waals surface area contributed by atoms with Crippen molar-refractivity contribution in [2.24, 2.45) is 0 Å². The molecular formula is C20H14O6. The number of aromatic hydroxyl groups is 2. The van der Waals surface area contributed by atoms with Crippen LogP contribution in [0.4, 0.5) is 0 Å². The largest absolute Gasteiger partial charge is 0.508 e. The summed E-state index contributed by atoms with van der Waals surface area (Å²) in [6, 6.07) is 9.46. The van der Waals surface area contributed by atoms with Crippen molar-refractivity contribution >= 4 is 16.9 Å². The molecule has 26 heavy (non-hydrogen) atoms. The van der Waals surface area contributed by atoms with Crippen molar-refractivity contribution in [3.05, 3.63) is 70.5 Å². The van der Waals surface area contributed by atoms with Crippen LogP contribution in [0.25, 0.3) is 11.1 Å². The fourth-order valence-electron chi connectivity index (χ4n) is 4.14. The van der Waals surface area contributed by atoms with Gasteiger partial charge in [0.25, 0.3) is 0 Å². The molecule has 0 unspecified atom stereocenters. The van der Waals surface area contributed by atoms with Crippen molar-refractivity contribution in [2.45, 2.75) is 18.3 Å². The van der Waals surface area contributed by atoms with E-state index in [-0.39, 0.29) is 29.2 Å². The Morgan fingerprint density at radius 2 is 1.73 bits per heavy atom. The number of phenols is 2. The zero-order chi connectivity index (χ0) is 18.2. The molecule has 1 aliphatic heterocycles. The van der Waals surface area contributed by atoms with Gasteiger partial charge in [-0.05, 0) is 17.7 Å². The van der Waals surface area contributed by atoms with Gasteiger partial charge in [0.2, 0.25) is 5.79 Å². The van der Waals surface area contributed by atoms with E-state index in [0.29, 0.717) is 27.8 Å². The molecule has 2 atom stereocenters. The quantitative estimate of drug-likeness (QED) is 0.580. The number of aliphatic hydroxyl groups is 2. The van der Waals surface area contributed by atoms with Gasteiger partial charge in [-0.25, -0.2) is 0 Å². The van der Waals surface area contributed by atoms with Crippen molar-refractivity contribution in [2.75, 3.05) is 0 Å². The van der Waals surface area contributed by atoms with Crippen LogP contribution in [-0.2, 0) is 4.74 Å². The van der Waals surface area contributed by atoms with Gasteiger partial charge in [0.1, 0.15) is 17.3 Å². The predicted octanol–water partition coefficient (Wildman–Crippen LogP) is 2.24. The first kappa shape index (κ1) is 15.2. The van der Waals surface area contributed by atoms with E-state index in [0.717, 1.165) is 0 Å². The molecule has 2 aromatic carbocycles. The van der Waals surface area contributed by atoms with Gasteiger partial charge in [-0.15, -0.1) is 0 Å². The minimum Gasteiger partial charge on any atom is -0.508 e. The van der Waals surface area contributed by atoms with Gasteiger partial charge in [0.05, 0.1) is 11.7 Å². The Labute approximate surface area is 147 Å². The zero-order valence-corrected chi connectivity index (χ0v) is 13.4. The van der Waals surface area contributed by atoms with Crippen molar-refractivity contribution in [3.63, 3.8) is 0 Å². The van der Waals surface area contributed by atoms with E-state index < -0.39 is 17.7 Å². The Kier molecular flexibility index (Phi) is 2.77. The maximum atomic E-state index is 12.4. The highest BCUT2D eigenvalue weighted by molar-refractivity contribution is 6.19. The van der Waals surface area contributed by atoms with E-state index in [9.17, 15) is 25.2 Å². The molecule has 3 aliphatic rings. The lowest BCUT2D eigenvalue weighted by Gasteiger charge is -2.34. The van der Waals surface area contributed by atoms with Crippen LogP contribution in [0.3, 0.4) is 0 Å². The lowest BCUT2D eigenvalue weighted by molar-refractivity contribution is -0.142. The number of ether oxygens (including phenoxy) is 1. The number of carbonyl (C=O) groups excluding carboxylic acids is 1. The van der Waals surface area contributed by atoms with Crippen LogP contribution in [-0.4, -0.2) is 32.0 Å². The number of ketones is 1. The Morgan fingerprint density at radius 1 is 1.04 bits per heavy atom. The third-order valence-electron chi connectivity index (χ3n) is 5.14. The molecule has 0 amide bonds. The number of hydrogen-bond acceptors (Lipinski definition) is 6. The number of aliphatic hydroxyl groups excluding tert-OH is 1. The molecule has 0 spiro atoms. The molecule has 0 radical (unpaired) electrons. The predicted molar refractivity (Wildman–Crippen MR) is 91.1 cm³/mol. The smallest absolute Gasteiger partial charge is 0.239 e. The van der Waals surface area contributed by atoms with Crippen LogP contribution < -0.4 is 0 Å². The summed E-state index contributed by atoms with van der Waals surface area (Å²) in [6.07, 6.45) is -0.0772. The molecule has 0 saturated carbocycles. The van der Waals surface area contributed by atoms with E-state index in [1.165, 1.54) is 18.2 Å². The van der Waals surface area contributed by atoms with Crippen molar-refractivity contribution < 1.29 is 30.0 Å². The molecule has 130 valence electrons. The average Bonchev–Trinajstić information content (AvgIpc) is 2.86. The summed E-state index contributed by atoms with van der Waals surface area (Å²) in [5.74, 6) is -2.29. The number of rotatable bonds is 0. The number of allylic oxidation sites excluding steroid dienone is 2. The van der Waals surface area contributed by atoms with Gasteiger partial charge in [-0.1, -0.05) is 24.3 Å². The van der Waals surface area contributed by atoms with Crippen LogP contribution in [0.15, 0.2) is 48.2 Å². The highest BCUT2D eigenvalue weighted by Crippen LogP contribution is 2.57. The van der Waals surface area contributed by atoms with Crippen LogP contribution in [0.2, 0.25) is 0 Å². The lowest BCUT2D eigenvalue weighted by atomic mass is 9.77. The fourth-order valence-corrected chi connectivity index (χ4v) is 4.14. The molecule has 5 rings (SSSR count). The van der Waals surface area contributed by atoms with E-state index in [1.807, 2.05) is 0 Å². The summed E-state index contributed by atoms with van der Waals surface area (Å²) in [5.41, 5.74) is 2.20. The van der Waals surface area contributed by atoms with E-state index >= 15 is 0 Å². The van der Waals surface area contributed by atoms with Crippen molar-refractivity contribution in [1.82, 2.24) is 0 Å². The Morgan fingerprint density at radius 3 is 2.50 bits per heavy atom. The van der Waals surface area contributed by atoms with E-state index in [4.69, 9.17) is 4.74 Å². The number of fused-ring (bicyclic) bond motifs is 6. The molecule has 6 nitrogen and oxygen atoms in total. The second-order valence-electron chi connectivity index (χ2n) is 6.67. The van der Waals surface area contributed by atoms with Crippen molar-refractivity contribution in [3.8, 4) is 11.5 Å². The van der Waals surface area contributed by atoms with E-state index in [1.54, 1.807) is 24.3 Å². The molecule has 2 aliphatic carbocycles. The van der Waals surface area contributed by atoms with E-state index in [2.05, 4.69) is 0 Å². The second kappa shape index (κ2) is 4.75. The molecule has 0 fully saturated rings. The van der Waals surface area contributed by atoms with Gasteiger partial charge < -0.3 is 25.2 Å².